The van der Waals surface area contributed by atoms with E-state index in [2.05, 4.69) is 60.3 Å². The Morgan fingerprint density at radius 1 is 1.21 bits per heavy atom. The third kappa shape index (κ3) is 6.50. The highest BCUT2D eigenvalue weighted by atomic mass is 32.1. The fourth-order valence-electron chi connectivity index (χ4n) is 3.36. The van der Waals surface area contributed by atoms with Crippen molar-refractivity contribution in [1.82, 2.24) is 20.5 Å². The topological polar surface area (TPSA) is 61.8 Å². The van der Waals surface area contributed by atoms with E-state index in [0.717, 1.165) is 64.0 Å². The van der Waals surface area contributed by atoms with Crippen LogP contribution in [0.25, 0.3) is 0 Å². The number of hydrogen-bond acceptors (Lipinski definition) is 6. The number of thiazole rings is 1. The summed E-state index contributed by atoms with van der Waals surface area (Å²) >= 11 is 3.66. The van der Waals surface area contributed by atoms with Crippen molar-refractivity contribution in [3.63, 3.8) is 0 Å². The number of nitrogens with zero attached hydrogens (tertiary/aromatic N) is 3. The van der Waals surface area contributed by atoms with E-state index in [0.29, 0.717) is 6.04 Å². The lowest BCUT2D eigenvalue weighted by Crippen LogP contribution is -2.42. The first kappa shape index (κ1) is 22.2. The summed E-state index contributed by atoms with van der Waals surface area (Å²) in [5.74, 6) is 0.879. The van der Waals surface area contributed by atoms with E-state index in [1.165, 1.54) is 19.6 Å². The van der Waals surface area contributed by atoms with E-state index in [9.17, 15) is 0 Å². The van der Waals surface area contributed by atoms with Gasteiger partial charge in [0, 0.05) is 47.2 Å². The van der Waals surface area contributed by atoms with Crippen LogP contribution < -0.4 is 10.6 Å². The zero-order valence-electron chi connectivity index (χ0n) is 18.0. The van der Waals surface area contributed by atoms with Crippen LogP contribution >= 0.6 is 22.7 Å². The van der Waals surface area contributed by atoms with Crippen molar-refractivity contribution < 1.29 is 4.74 Å². The predicted molar refractivity (Wildman–Crippen MR) is 123 cm³/mol. The van der Waals surface area contributed by atoms with Gasteiger partial charge in [0.25, 0.3) is 0 Å². The molecule has 3 heterocycles. The summed E-state index contributed by atoms with van der Waals surface area (Å²) in [6.07, 6.45) is 0.917. The van der Waals surface area contributed by atoms with Crippen molar-refractivity contribution in [3.05, 3.63) is 37.5 Å². The average Bonchev–Trinajstić information content (AvgIpc) is 3.28. The van der Waals surface area contributed by atoms with E-state index in [-0.39, 0.29) is 0 Å². The Kier molecular flexibility index (Phi) is 8.47. The zero-order valence-corrected chi connectivity index (χ0v) is 19.6. The van der Waals surface area contributed by atoms with Gasteiger partial charge in [-0.1, -0.05) is 0 Å². The maximum Gasteiger partial charge on any atom is 0.191 e. The number of guanidine groups is 1. The largest absolute Gasteiger partial charge is 0.379 e. The van der Waals surface area contributed by atoms with Crippen LogP contribution in [0.4, 0.5) is 0 Å². The predicted octanol–water partition coefficient (Wildman–Crippen LogP) is 3.30. The van der Waals surface area contributed by atoms with Gasteiger partial charge in [0.15, 0.2) is 5.96 Å². The van der Waals surface area contributed by atoms with Crippen molar-refractivity contribution in [2.45, 2.75) is 40.2 Å². The smallest absolute Gasteiger partial charge is 0.191 e. The van der Waals surface area contributed by atoms with Gasteiger partial charge in [0.2, 0.25) is 0 Å². The Hall–Kier alpha value is -1.48. The number of thiophene rings is 1. The van der Waals surface area contributed by atoms with Gasteiger partial charge in [-0.15, -0.1) is 22.7 Å². The van der Waals surface area contributed by atoms with Gasteiger partial charge in [0.05, 0.1) is 36.5 Å². The third-order valence-electron chi connectivity index (χ3n) is 5.05. The number of hydrogen-bond donors (Lipinski definition) is 2. The highest BCUT2D eigenvalue weighted by molar-refractivity contribution is 7.12. The molecular formula is C21H33N5OS2. The monoisotopic (exact) mass is 435 g/mol. The molecule has 0 bridgehead atoms. The van der Waals surface area contributed by atoms with Crippen LogP contribution in [0.15, 0.2) is 17.1 Å². The van der Waals surface area contributed by atoms with E-state index in [1.807, 2.05) is 11.3 Å². The molecule has 1 unspecified atom stereocenters. The average molecular weight is 436 g/mol. The van der Waals surface area contributed by atoms with Gasteiger partial charge in [-0.05, 0) is 39.8 Å². The lowest BCUT2D eigenvalue weighted by Gasteiger charge is -2.33. The van der Waals surface area contributed by atoms with Crippen LogP contribution in [0.5, 0.6) is 0 Å². The summed E-state index contributed by atoms with van der Waals surface area (Å²) in [7, 11) is 0. The Balaban J connectivity index is 1.63. The summed E-state index contributed by atoms with van der Waals surface area (Å²) in [6.45, 7) is 14.4. The number of morpholine rings is 1. The molecule has 0 aliphatic carbocycles. The van der Waals surface area contributed by atoms with Crippen LogP contribution in [-0.4, -0.2) is 61.8 Å². The number of aliphatic imine (C=N–C) groups is 1. The molecule has 0 amide bonds. The summed E-state index contributed by atoms with van der Waals surface area (Å²) in [5, 5.41) is 8.04. The molecule has 160 valence electrons. The van der Waals surface area contributed by atoms with Crippen LogP contribution in [0, 0.1) is 20.8 Å². The van der Waals surface area contributed by atoms with Gasteiger partial charge in [-0.3, -0.25) is 9.89 Å². The quantitative estimate of drug-likeness (QED) is 0.492. The number of aryl methyl sites for hydroxylation is 3. The Morgan fingerprint density at radius 3 is 2.62 bits per heavy atom. The summed E-state index contributed by atoms with van der Waals surface area (Å²) < 4.78 is 5.56. The molecule has 2 aromatic heterocycles. The van der Waals surface area contributed by atoms with Crippen LogP contribution in [-0.2, 0) is 11.2 Å². The maximum atomic E-state index is 5.56. The van der Waals surface area contributed by atoms with Crippen LogP contribution in [0.1, 0.15) is 38.3 Å². The third-order valence-corrected chi connectivity index (χ3v) is 7.28. The van der Waals surface area contributed by atoms with Crippen molar-refractivity contribution >= 4 is 28.6 Å². The summed E-state index contributed by atoms with van der Waals surface area (Å²) in [4.78, 5) is 16.1. The zero-order chi connectivity index (χ0) is 20.6. The molecule has 8 heteroatoms. The minimum atomic E-state index is 0.303. The molecule has 0 spiro atoms. The molecule has 1 fully saturated rings. The van der Waals surface area contributed by atoms with E-state index >= 15 is 0 Å². The van der Waals surface area contributed by atoms with E-state index < -0.39 is 0 Å². The molecule has 0 radical (unpaired) electrons. The van der Waals surface area contributed by atoms with E-state index in [4.69, 9.17) is 9.73 Å². The summed E-state index contributed by atoms with van der Waals surface area (Å²) in [6, 6.07) is 4.76. The first-order valence-electron chi connectivity index (χ1n) is 10.4. The van der Waals surface area contributed by atoms with Crippen LogP contribution in [0.2, 0.25) is 0 Å². The molecule has 6 nitrogen and oxygen atoms in total. The highest BCUT2D eigenvalue weighted by Gasteiger charge is 2.23. The van der Waals surface area contributed by atoms with Crippen LogP contribution in [0.3, 0.4) is 0 Å². The van der Waals surface area contributed by atoms with E-state index in [1.54, 1.807) is 11.3 Å². The molecule has 29 heavy (non-hydrogen) atoms. The minimum Gasteiger partial charge on any atom is -0.379 e. The fourth-order valence-corrected chi connectivity index (χ4v) is 5.30. The Labute approximate surface area is 182 Å². The molecule has 3 rings (SSSR count). The number of nitrogens with one attached hydrogen (secondary N) is 2. The molecule has 1 saturated heterocycles. The summed E-state index contributed by atoms with van der Waals surface area (Å²) in [5.41, 5.74) is 1.14. The molecule has 1 aliphatic rings. The number of aromatic nitrogens is 1. The number of ether oxygens (including phenoxy) is 1. The first-order valence-corrected chi connectivity index (χ1v) is 12.0. The van der Waals surface area contributed by atoms with Gasteiger partial charge < -0.3 is 15.4 Å². The molecule has 2 N–H and O–H groups in total. The van der Waals surface area contributed by atoms with Gasteiger partial charge in [0.1, 0.15) is 0 Å². The first-order chi connectivity index (χ1) is 14.1. The second-order valence-corrected chi connectivity index (χ2v) is 9.87. The normalized spacial score (nSPS) is 16.8. The SMILES string of the molecule is CCNC(=NCC(c1ccc(C)s1)N1CCOCC1)NCCc1nc(C)c(C)s1. The highest BCUT2D eigenvalue weighted by Crippen LogP contribution is 2.28. The minimum absolute atomic E-state index is 0.303. The second kappa shape index (κ2) is 11.1. The second-order valence-electron chi connectivity index (χ2n) is 7.26. The number of rotatable bonds is 8. The maximum absolute atomic E-state index is 5.56. The molecule has 0 saturated carbocycles. The Morgan fingerprint density at radius 2 is 2.00 bits per heavy atom. The molecule has 2 aromatic rings. The van der Waals surface area contributed by atoms with Gasteiger partial charge in [-0.25, -0.2) is 4.98 Å². The van der Waals surface area contributed by atoms with Crippen molar-refractivity contribution in [3.8, 4) is 0 Å². The van der Waals surface area contributed by atoms with Gasteiger partial charge >= 0.3 is 0 Å². The molecule has 0 aromatic carbocycles. The standard InChI is InChI=1S/C21H33N5OS2/c1-5-22-21(23-9-8-20-25-16(3)17(4)29-20)24-14-18(19-7-6-15(2)28-19)26-10-12-27-13-11-26/h6-7,18H,5,8-14H2,1-4H3,(H2,22,23,24). The van der Waals surface area contributed by atoms with Crippen molar-refractivity contribution in [1.29, 1.82) is 0 Å². The Bertz CT molecular complexity index is 775. The lowest BCUT2D eigenvalue weighted by atomic mass is 10.2. The molecule has 1 aliphatic heterocycles. The molecular weight excluding hydrogens is 402 g/mol. The van der Waals surface area contributed by atoms with Crippen molar-refractivity contribution in [2.24, 2.45) is 4.99 Å². The van der Waals surface area contributed by atoms with Crippen molar-refractivity contribution in [2.75, 3.05) is 45.9 Å². The molecule has 1 atom stereocenters. The lowest BCUT2D eigenvalue weighted by molar-refractivity contribution is 0.0186. The fraction of sp³-hybridized carbons (Fsp3) is 0.619. The van der Waals surface area contributed by atoms with Gasteiger partial charge in [-0.2, -0.15) is 0 Å².